The average molecular weight is 592 g/mol. The molecule has 39 heavy (non-hydrogen) atoms. The number of carbonyl (C=O) groups is 1. The van der Waals surface area contributed by atoms with Crippen LogP contribution in [0.3, 0.4) is 0 Å². The first-order valence-corrected chi connectivity index (χ1v) is 10.5. The Morgan fingerprint density at radius 2 is 1.62 bits per heavy atom. The van der Waals surface area contributed by atoms with Crippen molar-refractivity contribution in [1.82, 2.24) is 9.97 Å². The number of aliphatic carboxylic acids is 1. The summed E-state index contributed by atoms with van der Waals surface area (Å²) < 4.78 is 111. The molecule has 0 aliphatic heterocycles. The lowest BCUT2D eigenvalue weighted by molar-refractivity contribution is -0.274. The Morgan fingerprint density at radius 3 is 2.15 bits per heavy atom. The molecule has 1 aromatic heterocycles. The standard InChI is InChI=1S/C20H14ClF6N3O2.C2HF3O2/c21-15-7-11(4-5-14(15)19(22,23)24)16-8-18(30-10-29-16)28-9-17(31)12-2-1-3-13(6-12)32-20(25,26)27;3-2(4,5)1(6)7/h1-8,10,17,31H,9H2,(H,28,29,30);(H,6,7). The average Bonchev–Trinajstić information content (AvgIpc) is 2.80. The van der Waals surface area contributed by atoms with Gasteiger partial charge in [-0.15, -0.1) is 13.2 Å². The molecule has 1 atom stereocenters. The molecule has 0 amide bonds. The summed E-state index contributed by atoms with van der Waals surface area (Å²) in [5.74, 6) is -3.00. The van der Waals surface area contributed by atoms with Gasteiger partial charge in [0.2, 0.25) is 0 Å². The van der Waals surface area contributed by atoms with E-state index in [0.29, 0.717) is 5.56 Å². The smallest absolute Gasteiger partial charge is 0.475 e. The van der Waals surface area contributed by atoms with Gasteiger partial charge in [0.25, 0.3) is 0 Å². The van der Waals surface area contributed by atoms with Crippen LogP contribution in [0.2, 0.25) is 5.02 Å². The Hall–Kier alpha value is -3.79. The molecule has 0 saturated heterocycles. The van der Waals surface area contributed by atoms with Crippen LogP contribution in [-0.2, 0) is 11.0 Å². The van der Waals surface area contributed by atoms with Gasteiger partial charge in [0, 0.05) is 18.2 Å². The summed E-state index contributed by atoms with van der Waals surface area (Å²) in [6.07, 6.45) is -14.6. The second kappa shape index (κ2) is 12.4. The number of carboxylic acids is 1. The number of hydrogen-bond donors (Lipinski definition) is 3. The van der Waals surface area contributed by atoms with E-state index in [1.54, 1.807) is 0 Å². The zero-order chi connectivity index (χ0) is 29.6. The highest BCUT2D eigenvalue weighted by atomic mass is 35.5. The third kappa shape index (κ3) is 10.1. The number of aliphatic hydroxyl groups is 1. The van der Waals surface area contributed by atoms with E-state index in [1.807, 2.05) is 0 Å². The molecule has 0 radical (unpaired) electrons. The number of carboxylic acid groups (broad SMARTS) is 1. The lowest BCUT2D eigenvalue weighted by atomic mass is 10.1. The SMILES string of the molecule is O=C(O)C(F)(F)F.OC(CNc1cc(-c2ccc(C(F)(F)F)c(Cl)c2)ncn1)c1cccc(OC(F)(F)F)c1. The van der Waals surface area contributed by atoms with E-state index in [2.05, 4.69) is 20.0 Å². The van der Waals surface area contributed by atoms with Crippen molar-refractivity contribution in [2.45, 2.75) is 24.8 Å². The zero-order valence-electron chi connectivity index (χ0n) is 18.9. The van der Waals surface area contributed by atoms with Gasteiger partial charge in [-0.1, -0.05) is 29.8 Å². The van der Waals surface area contributed by atoms with Gasteiger partial charge in [0.15, 0.2) is 0 Å². The summed E-state index contributed by atoms with van der Waals surface area (Å²) in [6, 6.07) is 9.47. The molecule has 3 aromatic rings. The minimum Gasteiger partial charge on any atom is -0.475 e. The van der Waals surface area contributed by atoms with Gasteiger partial charge >= 0.3 is 24.7 Å². The normalized spacial score (nSPS) is 12.7. The third-order valence-corrected chi connectivity index (χ3v) is 4.75. The number of nitrogens with one attached hydrogen (secondary N) is 1. The summed E-state index contributed by atoms with van der Waals surface area (Å²) in [4.78, 5) is 16.8. The van der Waals surface area contributed by atoms with Gasteiger partial charge in [0.1, 0.15) is 17.9 Å². The first kappa shape index (κ1) is 31.4. The fraction of sp³-hybridized carbons (Fsp3) is 0.227. The van der Waals surface area contributed by atoms with Crippen molar-refractivity contribution in [3.05, 3.63) is 71.0 Å². The maximum atomic E-state index is 12.9. The largest absolute Gasteiger partial charge is 0.573 e. The number of ether oxygens (including phenoxy) is 1. The molecule has 0 aliphatic rings. The van der Waals surface area contributed by atoms with E-state index in [0.717, 1.165) is 30.6 Å². The Bertz CT molecular complexity index is 1280. The zero-order valence-corrected chi connectivity index (χ0v) is 19.6. The molecule has 1 unspecified atom stereocenters. The summed E-state index contributed by atoms with van der Waals surface area (Å²) in [7, 11) is 0. The molecule has 7 nitrogen and oxygen atoms in total. The number of aromatic nitrogens is 2. The van der Waals surface area contributed by atoms with Crippen LogP contribution in [0, 0.1) is 0 Å². The summed E-state index contributed by atoms with van der Waals surface area (Å²) >= 11 is 5.73. The predicted molar refractivity (Wildman–Crippen MR) is 118 cm³/mol. The highest BCUT2D eigenvalue weighted by molar-refractivity contribution is 6.31. The van der Waals surface area contributed by atoms with E-state index in [-0.39, 0.29) is 23.6 Å². The molecule has 0 fully saturated rings. The molecular formula is C22H15ClF9N3O4. The molecular weight excluding hydrogens is 577 g/mol. The van der Waals surface area contributed by atoms with Gasteiger partial charge in [-0.05, 0) is 29.8 Å². The Balaban J connectivity index is 0.000000673. The Morgan fingerprint density at radius 1 is 0.974 bits per heavy atom. The maximum absolute atomic E-state index is 12.9. The van der Waals surface area contributed by atoms with Crippen molar-refractivity contribution in [2.24, 2.45) is 0 Å². The first-order valence-electron chi connectivity index (χ1n) is 10.1. The number of aliphatic hydroxyl groups excluding tert-OH is 1. The molecule has 212 valence electrons. The van der Waals surface area contributed by atoms with Crippen LogP contribution >= 0.6 is 11.6 Å². The summed E-state index contributed by atoms with van der Waals surface area (Å²) in [5, 5.41) is 19.7. The molecule has 3 rings (SSSR count). The van der Waals surface area contributed by atoms with E-state index in [4.69, 9.17) is 21.5 Å². The van der Waals surface area contributed by atoms with Crippen LogP contribution in [-0.4, -0.2) is 45.2 Å². The highest BCUT2D eigenvalue weighted by Gasteiger charge is 2.38. The van der Waals surface area contributed by atoms with Gasteiger partial charge < -0.3 is 20.3 Å². The number of rotatable bonds is 6. The second-order valence-electron chi connectivity index (χ2n) is 7.30. The number of halogens is 10. The van der Waals surface area contributed by atoms with Crippen LogP contribution in [0.1, 0.15) is 17.2 Å². The number of alkyl halides is 9. The van der Waals surface area contributed by atoms with E-state index >= 15 is 0 Å². The van der Waals surface area contributed by atoms with Gasteiger partial charge in [0.05, 0.1) is 22.4 Å². The maximum Gasteiger partial charge on any atom is 0.573 e. The lowest BCUT2D eigenvalue weighted by Gasteiger charge is -2.15. The fourth-order valence-corrected chi connectivity index (χ4v) is 3.04. The Kier molecular flexibility index (Phi) is 9.97. The van der Waals surface area contributed by atoms with Crippen LogP contribution in [0.4, 0.5) is 45.3 Å². The minimum absolute atomic E-state index is 0.125. The van der Waals surface area contributed by atoms with Gasteiger partial charge in [-0.25, -0.2) is 14.8 Å². The summed E-state index contributed by atoms with van der Waals surface area (Å²) in [6.45, 7) is -0.125. The topological polar surface area (TPSA) is 105 Å². The number of benzene rings is 2. The molecule has 17 heteroatoms. The van der Waals surface area contributed by atoms with Crippen LogP contribution in [0.5, 0.6) is 5.75 Å². The van der Waals surface area contributed by atoms with Crippen molar-refractivity contribution in [3.63, 3.8) is 0 Å². The number of hydrogen-bond acceptors (Lipinski definition) is 6. The quantitative estimate of drug-likeness (QED) is 0.281. The predicted octanol–water partition coefficient (Wildman–Crippen LogP) is 6.49. The molecule has 1 heterocycles. The molecule has 0 saturated carbocycles. The van der Waals surface area contributed by atoms with Gasteiger partial charge in [-0.3, -0.25) is 0 Å². The van der Waals surface area contributed by atoms with Crippen molar-refractivity contribution < 1.29 is 59.3 Å². The second-order valence-corrected chi connectivity index (χ2v) is 7.71. The van der Waals surface area contributed by atoms with Gasteiger partial charge in [-0.2, -0.15) is 26.3 Å². The van der Waals surface area contributed by atoms with Crippen LogP contribution in [0.15, 0.2) is 54.9 Å². The third-order valence-electron chi connectivity index (χ3n) is 4.43. The summed E-state index contributed by atoms with van der Waals surface area (Å²) in [5.41, 5.74) is -0.225. The van der Waals surface area contributed by atoms with Crippen LogP contribution in [0.25, 0.3) is 11.3 Å². The van der Waals surface area contributed by atoms with E-state index in [9.17, 15) is 44.6 Å². The Labute approximate surface area is 217 Å². The van der Waals surface area contributed by atoms with Crippen LogP contribution < -0.4 is 10.1 Å². The minimum atomic E-state index is -5.08. The molecule has 3 N–H and O–H groups in total. The molecule has 0 bridgehead atoms. The van der Waals surface area contributed by atoms with Crippen molar-refractivity contribution >= 4 is 23.4 Å². The van der Waals surface area contributed by atoms with E-state index < -0.39 is 47.1 Å². The van der Waals surface area contributed by atoms with Crippen molar-refractivity contribution in [3.8, 4) is 17.0 Å². The van der Waals surface area contributed by atoms with E-state index in [1.165, 1.54) is 24.3 Å². The molecule has 2 aromatic carbocycles. The first-order chi connectivity index (χ1) is 17.9. The molecule has 0 spiro atoms. The number of nitrogens with zero attached hydrogens (tertiary/aromatic N) is 2. The molecule has 0 aliphatic carbocycles. The van der Waals surface area contributed by atoms with Crippen molar-refractivity contribution in [2.75, 3.05) is 11.9 Å². The lowest BCUT2D eigenvalue weighted by Crippen LogP contribution is -2.21. The fourth-order valence-electron chi connectivity index (χ4n) is 2.75. The number of anilines is 1. The van der Waals surface area contributed by atoms with Crippen molar-refractivity contribution in [1.29, 1.82) is 0 Å². The highest BCUT2D eigenvalue weighted by Crippen LogP contribution is 2.36. The monoisotopic (exact) mass is 591 g/mol.